The maximum Gasteiger partial charge on any atom is 0.223 e. The van der Waals surface area contributed by atoms with E-state index < -0.39 is 5.82 Å². The molecule has 0 unspecified atom stereocenters. The topological polar surface area (TPSA) is 128 Å². The lowest BCUT2D eigenvalue weighted by Crippen LogP contribution is -2.37. The van der Waals surface area contributed by atoms with Gasteiger partial charge >= 0.3 is 0 Å². The molecule has 3 aromatic heterocycles. The number of nitrogens with two attached hydrogens (primary N) is 2. The Hall–Kier alpha value is -3.92. The van der Waals surface area contributed by atoms with Crippen LogP contribution in [0.5, 0.6) is 11.5 Å². The van der Waals surface area contributed by atoms with Gasteiger partial charge in [0.1, 0.15) is 23.0 Å². The molecule has 31 heavy (non-hydrogen) atoms. The Morgan fingerprint density at radius 1 is 1.06 bits per heavy atom. The van der Waals surface area contributed by atoms with Crippen LogP contribution in [-0.2, 0) is 4.74 Å². The van der Waals surface area contributed by atoms with Crippen LogP contribution in [0.15, 0.2) is 42.7 Å². The summed E-state index contributed by atoms with van der Waals surface area (Å²) in [5.41, 5.74) is 13.7. The molecule has 9 nitrogen and oxygen atoms in total. The van der Waals surface area contributed by atoms with Gasteiger partial charge in [-0.1, -0.05) is 6.07 Å². The first kappa shape index (κ1) is 19.1. The predicted molar refractivity (Wildman–Crippen MR) is 115 cm³/mol. The van der Waals surface area contributed by atoms with Gasteiger partial charge in [0, 0.05) is 25.5 Å². The minimum Gasteiger partial charge on any atom is -0.453 e. The summed E-state index contributed by atoms with van der Waals surface area (Å²) in [6, 6.07) is 8.16. The van der Waals surface area contributed by atoms with Gasteiger partial charge in [0.25, 0.3) is 0 Å². The number of aromatic amines is 1. The molecule has 4 heterocycles. The van der Waals surface area contributed by atoms with E-state index in [0.29, 0.717) is 54.6 Å². The normalized spacial score (nSPS) is 14.2. The first-order valence-electron chi connectivity index (χ1n) is 9.75. The number of nitrogens with zero attached hydrogens (tertiary/aromatic N) is 4. The number of aromatic nitrogens is 4. The van der Waals surface area contributed by atoms with Crippen LogP contribution in [0.2, 0.25) is 0 Å². The fraction of sp³-hybridized carbons (Fsp3) is 0.190. The van der Waals surface area contributed by atoms with Crippen LogP contribution < -0.4 is 21.1 Å². The third-order valence-corrected chi connectivity index (χ3v) is 5.11. The predicted octanol–water partition coefficient (Wildman–Crippen LogP) is 2.95. The number of morpholine rings is 1. The Labute approximate surface area is 176 Å². The molecule has 4 aromatic rings. The molecule has 0 amide bonds. The van der Waals surface area contributed by atoms with Crippen LogP contribution in [0.3, 0.4) is 0 Å². The van der Waals surface area contributed by atoms with E-state index in [9.17, 15) is 0 Å². The van der Waals surface area contributed by atoms with E-state index in [1.807, 2.05) is 11.0 Å². The van der Waals surface area contributed by atoms with Gasteiger partial charge in [-0.15, -0.1) is 0 Å². The van der Waals surface area contributed by atoms with Crippen molar-refractivity contribution in [1.29, 1.82) is 0 Å². The number of ether oxygens (including phenoxy) is 2. The van der Waals surface area contributed by atoms with Gasteiger partial charge in [-0.05, 0) is 29.8 Å². The van der Waals surface area contributed by atoms with Crippen molar-refractivity contribution >= 4 is 28.6 Å². The van der Waals surface area contributed by atoms with Gasteiger partial charge in [-0.25, -0.2) is 9.37 Å². The lowest BCUT2D eigenvalue weighted by molar-refractivity contribution is 0.122. The summed E-state index contributed by atoms with van der Waals surface area (Å²) >= 11 is 0. The molecule has 1 aliphatic heterocycles. The monoisotopic (exact) mass is 421 g/mol. The quantitative estimate of drug-likeness (QED) is 0.459. The Bertz CT molecular complexity index is 1250. The van der Waals surface area contributed by atoms with Crippen LogP contribution in [-0.4, -0.2) is 46.2 Å². The molecule has 1 fully saturated rings. The first-order valence-corrected chi connectivity index (χ1v) is 9.75. The van der Waals surface area contributed by atoms with Crippen molar-refractivity contribution in [3.8, 4) is 22.6 Å². The molecule has 0 aliphatic carbocycles. The maximum absolute atomic E-state index is 15.0. The summed E-state index contributed by atoms with van der Waals surface area (Å²) in [4.78, 5) is 17.7. The molecule has 5 rings (SSSR count). The van der Waals surface area contributed by atoms with Crippen molar-refractivity contribution < 1.29 is 13.9 Å². The van der Waals surface area contributed by atoms with Crippen molar-refractivity contribution in [1.82, 2.24) is 19.9 Å². The zero-order valence-electron chi connectivity index (χ0n) is 16.5. The van der Waals surface area contributed by atoms with E-state index in [1.54, 1.807) is 30.6 Å². The molecular formula is C21H20FN7O2. The number of anilines is 3. The van der Waals surface area contributed by atoms with Crippen LogP contribution in [0.25, 0.3) is 22.2 Å². The fourth-order valence-electron chi connectivity index (χ4n) is 3.65. The van der Waals surface area contributed by atoms with Crippen LogP contribution in [0.1, 0.15) is 0 Å². The smallest absolute Gasteiger partial charge is 0.223 e. The number of hydrogen-bond donors (Lipinski definition) is 3. The molecule has 158 valence electrons. The summed E-state index contributed by atoms with van der Waals surface area (Å²) in [7, 11) is 0. The minimum absolute atomic E-state index is 0.0661. The Balaban J connectivity index is 1.52. The number of benzene rings is 1. The second kappa shape index (κ2) is 7.73. The lowest BCUT2D eigenvalue weighted by atomic mass is 10.1. The van der Waals surface area contributed by atoms with Crippen molar-refractivity contribution in [3.05, 3.63) is 48.5 Å². The summed E-state index contributed by atoms with van der Waals surface area (Å²) in [5, 5.41) is 0.761. The maximum atomic E-state index is 15.0. The molecule has 10 heteroatoms. The third-order valence-electron chi connectivity index (χ3n) is 5.11. The highest BCUT2D eigenvalue weighted by atomic mass is 19.1. The van der Waals surface area contributed by atoms with Gasteiger partial charge in [-0.2, -0.15) is 9.97 Å². The number of fused-ring (bicyclic) bond motifs is 1. The number of pyridine rings is 1. The average Bonchev–Trinajstić information content (AvgIpc) is 3.25. The molecule has 0 atom stereocenters. The zero-order chi connectivity index (χ0) is 21.4. The van der Waals surface area contributed by atoms with Crippen molar-refractivity contribution in [3.63, 3.8) is 0 Å². The number of halogens is 1. The minimum atomic E-state index is -0.540. The first-order chi connectivity index (χ1) is 15.1. The summed E-state index contributed by atoms with van der Waals surface area (Å²) < 4.78 is 26.3. The van der Waals surface area contributed by atoms with Gasteiger partial charge in [0.15, 0.2) is 11.6 Å². The molecule has 0 radical (unpaired) electrons. The van der Waals surface area contributed by atoms with Crippen LogP contribution in [0, 0.1) is 5.82 Å². The molecule has 1 aromatic carbocycles. The fourth-order valence-corrected chi connectivity index (χ4v) is 3.65. The summed E-state index contributed by atoms with van der Waals surface area (Å²) in [6.07, 6.45) is 3.35. The number of hydrogen-bond acceptors (Lipinski definition) is 8. The highest BCUT2D eigenvalue weighted by molar-refractivity contribution is 5.86. The van der Waals surface area contributed by atoms with Gasteiger partial charge in [-0.3, -0.25) is 0 Å². The molecule has 5 N–H and O–H groups in total. The Kier molecular flexibility index (Phi) is 4.75. The van der Waals surface area contributed by atoms with Gasteiger partial charge in [0.05, 0.1) is 24.2 Å². The van der Waals surface area contributed by atoms with Gasteiger partial charge in [0.2, 0.25) is 5.95 Å². The van der Waals surface area contributed by atoms with E-state index in [1.165, 1.54) is 6.07 Å². The number of H-pyrrole nitrogens is 1. The van der Waals surface area contributed by atoms with E-state index in [4.69, 9.17) is 20.9 Å². The zero-order valence-corrected chi connectivity index (χ0v) is 16.5. The second-order valence-electron chi connectivity index (χ2n) is 7.06. The molecule has 0 saturated carbocycles. The standard InChI is InChI=1S/C21H20FN7O2/c22-14-11-12(1-2-16(14)31-15-4-6-26-19-13(15)3-5-25-19)17-18(23)27-21(24)28-20(17)29-7-9-30-10-8-29/h1-6,11H,7-10H2,(H,25,26)(H4,23,24,27,28). The third kappa shape index (κ3) is 3.57. The molecule has 0 spiro atoms. The Morgan fingerprint density at radius 3 is 2.71 bits per heavy atom. The van der Waals surface area contributed by atoms with Crippen LogP contribution >= 0.6 is 0 Å². The highest BCUT2D eigenvalue weighted by Crippen LogP contribution is 2.37. The molecule has 0 bridgehead atoms. The van der Waals surface area contributed by atoms with Crippen molar-refractivity contribution in [2.24, 2.45) is 0 Å². The average molecular weight is 421 g/mol. The Morgan fingerprint density at radius 2 is 1.90 bits per heavy atom. The molecule has 1 saturated heterocycles. The van der Waals surface area contributed by atoms with Crippen molar-refractivity contribution in [2.75, 3.05) is 42.7 Å². The molecule has 1 aliphatic rings. The van der Waals surface area contributed by atoms with E-state index in [-0.39, 0.29) is 17.5 Å². The summed E-state index contributed by atoms with van der Waals surface area (Å²) in [5.74, 6) is 0.857. The summed E-state index contributed by atoms with van der Waals surface area (Å²) in [6.45, 7) is 2.37. The largest absolute Gasteiger partial charge is 0.453 e. The van der Waals surface area contributed by atoms with Crippen molar-refractivity contribution in [2.45, 2.75) is 0 Å². The highest BCUT2D eigenvalue weighted by Gasteiger charge is 2.22. The van der Waals surface area contributed by atoms with E-state index >= 15 is 4.39 Å². The van der Waals surface area contributed by atoms with Crippen LogP contribution in [0.4, 0.5) is 22.0 Å². The number of nitrogen functional groups attached to an aromatic ring is 2. The van der Waals surface area contributed by atoms with Gasteiger partial charge < -0.3 is 30.8 Å². The number of rotatable bonds is 4. The molecular weight excluding hydrogens is 401 g/mol. The van der Waals surface area contributed by atoms with E-state index in [0.717, 1.165) is 5.39 Å². The lowest BCUT2D eigenvalue weighted by Gasteiger charge is -2.30. The van der Waals surface area contributed by atoms with E-state index in [2.05, 4.69) is 19.9 Å². The number of nitrogens with one attached hydrogen (secondary N) is 1. The second-order valence-corrected chi connectivity index (χ2v) is 7.06. The SMILES string of the molecule is Nc1nc(N)c(-c2ccc(Oc3ccnc4[nH]ccc34)c(F)c2)c(N2CCOCC2)n1.